The average molecular weight is 413 g/mol. The van der Waals surface area contributed by atoms with Crippen LogP contribution >= 0.6 is 0 Å². The van der Waals surface area contributed by atoms with Crippen molar-refractivity contribution in [2.75, 3.05) is 35.5 Å². The van der Waals surface area contributed by atoms with E-state index in [1.54, 1.807) is 36.4 Å². The smallest absolute Gasteiger partial charge is 0.295 e. The number of hydrogen-bond acceptors (Lipinski definition) is 7. The van der Waals surface area contributed by atoms with Crippen LogP contribution < -0.4 is 18.9 Å². The third-order valence-corrected chi connectivity index (χ3v) is 5.07. The van der Waals surface area contributed by atoms with Crippen molar-refractivity contribution in [3.05, 3.63) is 53.1 Å². The van der Waals surface area contributed by atoms with E-state index in [2.05, 4.69) is 0 Å². The van der Waals surface area contributed by atoms with Crippen molar-refractivity contribution in [1.82, 2.24) is 4.90 Å². The lowest BCUT2D eigenvalue weighted by molar-refractivity contribution is -0.139. The van der Waals surface area contributed by atoms with Crippen LogP contribution in [0.1, 0.15) is 17.2 Å². The van der Waals surface area contributed by atoms with Crippen LogP contribution in [-0.4, -0.2) is 57.2 Å². The number of hydrogen-bond donors (Lipinski definition) is 1. The van der Waals surface area contributed by atoms with Crippen molar-refractivity contribution in [1.29, 1.82) is 0 Å². The predicted molar refractivity (Wildman–Crippen MR) is 109 cm³/mol. The Hall–Kier alpha value is -3.68. The van der Waals surface area contributed by atoms with Gasteiger partial charge in [-0.05, 0) is 30.3 Å². The summed E-state index contributed by atoms with van der Waals surface area (Å²) in [4.78, 5) is 26.6. The molecule has 3 rings (SSSR count). The molecule has 158 valence electrons. The molecule has 2 aromatic carbocycles. The quantitative estimate of drug-likeness (QED) is 0.442. The number of nitrogens with zero attached hydrogens (tertiary/aromatic N) is 1. The number of likely N-dealkylation sites (tertiary alicyclic amines) is 1. The third kappa shape index (κ3) is 3.41. The van der Waals surface area contributed by atoms with Gasteiger partial charge in [0.15, 0.2) is 11.5 Å². The van der Waals surface area contributed by atoms with Crippen molar-refractivity contribution < 1.29 is 33.6 Å². The highest BCUT2D eigenvalue weighted by molar-refractivity contribution is 6.46. The Morgan fingerprint density at radius 1 is 0.867 bits per heavy atom. The minimum atomic E-state index is -0.834. The van der Waals surface area contributed by atoms with Gasteiger partial charge in [0.2, 0.25) is 0 Å². The van der Waals surface area contributed by atoms with Crippen molar-refractivity contribution in [3.8, 4) is 23.0 Å². The molecule has 1 amide bonds. The molecule has 8 heteroatoms. The molecule has 0 spiro atoms. The fourth-order valence-electron chi connectivity index (χ4n) is 3.49. The van der Waals surface area contributed by atoms with Crippen molar-refractivity contribution in [3.63, 3.8) is 0 Å². The van der Waals surface area contributed by atoms with E-state index in [9.17, 15) is 14.7 Å². The number of amides is 1. The first kappa shape index (κ1) is 21.0. The van der Waals surface area contributed by atoms with E-state index in [1.807, 2.05) is 0 Å². The summed E-state index contributed by atoms with van der Waals surface area (Å²) in [5.41, 5.74) is 0.816. The summed E-state index contributed by atoms with van der Waals surface area (Å²) in [6.45, 7) is 0. The number of carbonyl (C=O) groups excluding carboxylic acids is 2. The van der Waals surface area contributed by atoms with Gasteiger partial charge in [0.1, 0.15) is 17.3 Å². The summed E-state index contributed by atoms with van der Waals surface area (Å²) in [7, 11) is 7.47. The second-order valence-electron chi connectivity index (χ2n) is 6.59. The standard InChI is InChI=1S/C22H23NO7/c1-23-19(14-8-7-13(27-2)11-16(14)29-4)18(21(25)22(23)26)20(24)12-6-9-15(28-3)17(10-12)30-5/h6-11,19,24H,1-5H3/t19-/m0/s1. The van der Waals surface area contributed by atoms with Gasteiger partial charge < -0.3 is 29.0 Å². The van der Waals surface area contributed by atoms with Crippen LogP contribution in [0.4, 0.5) is 0 Å². The van der Waals surface area contributed by atoms with Gasteiger partial charge in [0, 0.05) is 24.2 Å². The number of carbonyl (C=O) groups is 2. The molecular formula is C22H23NO7. The molecule has 0 unspecified atom stereocenters. The molecule has 0 radical (unpaired) electrons. The minimum Gasteiger partial charge on any atom is -0.507 e. The van der Waals surface area contributed by atoms with E-state index in [1.165, 1.54) is 40.4 Å². The number of ether oxygens (including phenoxy) is 4. The molecule has 8 nitrogen and oxygen atoms in total. The molecule has 1 heterocycles. The highest BCUT2D eigenvalue weighted by atomic mass is 16.5. The topological polar surface area (TPSA) is 94.5 Å². The summed E-state index contributed by atoms with van der Waals surface area (Å²) in [6, 6.07) is 8.96. The van der Waals surface area contributed by atoms with E-state index in [0.29, 0.717) is 34.1 Å². The molecule has 0 aromatic heterocycles. The average Bonchev–Trinajstić information content (AvgIpc) is 3.01. The number of benzene rings is 2. The maximum atomic E-state index is 12.8. The normalized spacial score (nSPS) is 17.8. The largest absolute Gasteiger partial charge is 0.507 e. The molecule has 30 heavy (non-hydrogen) atoms. The van der Waals surface area contributed by atoms with E-state index in [4.69, 9.17) is 18.9 Å². The van der Waals surface area contributed by atoms with Crippen LogP contribution in [0, 0.1) is 0 Å². The Balaban J connectivity index is 2.21. The van der Waals surface area contributed by atoms with Gasteiger partial charge in [-0.1, -0.05) is 0 Å². The van der Waals surface area contributed by atoms with Crippen LogP contribution in [0.2, 0.25) is 0 Å². The molecule has 1 N–H and O–H groups in total. The van der Waals surface area contributed by atoms with E-state index >= 15 is 0 Å². The lowest BCUT2D eigenvalue weighted by Gasteiger charge is -2.23. The van der Waals surface area contributed by atoms with Gasteiger partial charge >= 0.3 is 0 Å². The monoisotopic (exact) mass is 413 g/mol. The molecule has 1 saturated heterocycles. The number of aliphatic hydroxyl groups is 1. The number of ketones is 1. The zero-order valence-electron chi connectivity index (χ0n) is 17.4. The van der Waals surface area contributed by atoms with Gasteiger partial charge in [0.05, 0.1) is 40.1 Å². The first-order chi connectivity index (χ1) is 14.4. The number of Topliss-reactive ketones (excluding diaryl/α,β-unsaturated/α-hetero) is 1. The fourth-order valence-corrected chi connectivity index (χ4v) is 3.49. The molecule has 0 aliphatic carbocycles. The molecule has 2 aromatic rings. The van der Waals surface area contributed by atoms with Crippen LogP contribution in [0.5, 0.6) is 23.0 Å². The predicted octanol–water partition coefficient (Wildman–Crippen LogP) is 2.77. The first-order valence-electron chi connectivity index (χ1n) is 9.06. The third-order valence-electron chi connectivity index (χ3n) is 5.07. The highest BCUT2D eigenvalue weighted by Crippen LogP contribution is 2.43. The minimum absolute atomic E-state index is 0.0433. The zero-order valence-corrected chi connectivity index (χ0v) is 17.4. The number of methoxy groups -OCH3 is 4. The Kier molecular flexibility index (Phi) is 5.86. The molecule has 1 aliphatic heterocycles. The zero-order chi connectivity index (χ0) is 22.0. The second-order valence-corrected chi connectivity index (χ2v) is 6.59. The Morgan fingerprint density at radius 3 is 2.13 bits per heavy atom. The van der Waals surface area contributed by atoms with Gasteiger partial charge in [-0.2, -0.15) is 0 Å². The Morgan fingerprint density at radius 2 is 1.53 bits per heavy atom. The molecule has 1 aliphatic rings. The van der Waals surface area contributed by atoms with Crippen LogP contribution in [-0.2, 0) is 9.59 Å². The maximum Gasteiger partial charge on any atom is 0.295 e. The number of likely N-dealkylation sites (N-methyl/N-ethyl adjacent to an activating group) is 1. The fraction of sp³-hybridized carbons (Fsp3) is 0.273. The summed E-state index contributed by atoms with van der Waals surface area (Å²) in [5.74, 6) is 0.00755. The Labute approximate surface area is 174 Å². The van der Waals surface area contributed by atoms with E-state index < -0.39 is 17.7 Å². The Bertz CT molecular complexity index is 1030. The number of rotatable bonds is 6. The van der Waals surface area contributed by atoms with Gasteiger partial charge in [-0.3, -0.25) is 9.59 Å². The maximum absolute atomic E-state index is 12.8. The molecular weight excluding hydrogens is 390 g/mol. The second kappa shape index (κ2) is 8.36. The molecule has 0 bridgehead atoms. The summed E-state index contributed by atoms with van der Waals surface area (Å²) >= 11 is 0. The highest BCUT2D eigenvalue weighted by Gasteiger charge is 2.45. The van der Waals surface area contributed by atoms with Crippen molar-refractivity contribution in [2.45, 2.75) is 6.04 Å². The van der Waals surface area contributed by atoms with Crippen molar-refractivity contribution in [2.24, 2.45) is 0 Å². The van der Waals surface area contributed by atoms with Gasteiger partial charge in [-0.15, -0.1) is 0 Å². The first-order valence-corrected chi connectivity index (χ1v) is 9.06. The van der Waals surface area contributed by atoms with E-state index in [0.717, 1.165) is 0 Å². The van der Waals surface area contributed by atoms with Gasteiger partial charge in [0.25, 0.3) is 11.7 Å². The summed E-state index contributed by atoms with van der Waals surface area (Å²) < 4.78 is 21.2. The van der Waals surface area contributed by atoms with Crippen molar-refractivity contribution >= 4 is 17.4 Å². The van der Waals surface area contributed by atoms with Crippen LogP contribution in [0.15, 0.2) is 42.0 Å². The van der Waals surface area contributed by atoms with Gasteiger partial charge in [-0.25, -0.2) is 0 Å². The summed E-state index contributed by atoms with van der Waals surface area (Å²) in [6.07, 6.45) is 0. The van der Waals surface area contributed by atoms with Crippen LogP contribution in [0.25, 0.3) is 5.76 Å². The lowest BCUT2D eigenvalue weighted by Crippen LogP contribution is -2.25. The molecule has 1 fully saturated rings. The molecule has 1 atom stereocenters. The molecule has 0 saturated carbocycles. The summed E-state index contributed by atoms with van der Waals surface area (Å²) in [5, 5.41) is 11.0. The number of aliphatic hydroxyl groups excluding tert-OH is 1. The van der Waals surface area contributed by atoms with E-state index in [-0.39, 0.29) is 11.3 Å². The van der Waals surface area contributed by atoms with Crippen LogP contribution in [0.3, 0.4) is 0 Å². The lowest BCUT2D eigenvalue weighted by atomic mass is 9.94. The SMILES string of the molecule is COc1ccc([C@H]2C(=C(O)c3ccc(OC)c(OC)c3)C(=O)C(=O)N2C)c(OC)c1.